The van der Waals surface area contributed by atoms with Crippen molar-refractivity contribution >= 4 is 27.0 Å². The van der Waals surface area contributed by atoms with Gasteiger partial charge in [0.15, 0.2) is 0 Å². The van der Waals surface area contributed by atoms with Crippen LogP contribution in [-0.4, -0.2) is 9.31 Å². The molecule has 0 saturated carbocycles. The second-order valence-electron chi connectivity index (χ2n) is 0.791. The van der Waals surface area contributed by atoms with E-state index in [1.165, 1.54) is 21.1 Å². The third-order valence-electron chi connectivity index (χ3n) is 0.346. The van der Waals surface area contributed by atoms with Crippen molar-refractivity contribution in [2.24, 2.45) is 5.73 Å². The van der Waals surface area contributed by atoms with Crippen molar-refractivity contribution in [3.05, 3.63) is 0 Å². The molecule has 3 nitrogen and oxygen atoms in total. The van der Waals surface area contributed by atoms with Crippen LogP contribution < -0.4 is 5.73 Å². The normalized spacial score (nSPS) is 9.33. The highest BCUT2D eigenvalue weighted by molar-refractivity contribution is 7.77. The number of rotatable bonds is 0. The Morgan fingerprint density at radius 2 is 2.17 bits per heavy atom. The molecule has 1 aromatic heterocycles. The third kappa shape index (κ3) is 0.605. The van der Waals surface area contributed by atoms with Gasteiger partial charge in [-0.2, -0.15) is 3.35 Å². The summed E-state index contributed by atoms with van der Waals surface area (Å²) in [6, 6.07) is 0. The molecule has 0 fully saturated rings. The van der Waals surface area contributed by atoms with Gasteiger partial charge in [0.25, 0.3) is 0 Å². The van der Waals surface area contributed by atoms with E-state index in [-0.39, 0.29) is 5.96 Å². The number of nitrogens with one attached hydrogen (secondary N) is 1. The minimum absolute atomic E-state index is 0.130. The van der Waals surface area contributed by atoms with Crippen LogP contribution in [0, 0.1) is 5.41 Å². The Morgan fingerprint density at radius 1 is 1.67 bits per heavy atom. The van der Waals surface area contributed by atoms with E-state index < -0.39 is 0 Å². The Kier molecular flexibility index (Phi) is 0.706. The van der Waals surface area contributed by atoms with Crippen molar-refractivity contribution in [3.63, 3.8) is 0 Å². The second-order valence-corrected chi connectivity index (χ2v) is 2.95. The quantitative estimate of drug-likeness (QED) is 0.290. The first-order chi connectivity index (χ1) is 2.80. The van der Waals surface area contributed by atoms with Gasteiger partial charge in [0.2, 0.25) is 5.96 Å². The van der Waals surface area contributed by atoms with Crippen LogP contribution in [0.5, 0.6) is 0 Å². The molecule has 6 heavy (non-hydrogen) atoms. The van der Waals surface area contributed by atoms with E-state index in [0.29, 0.717) is 0 Å². The molecular formula is CH3N3S2. The molecule has 0 aliphatic rings. The van der Waals surface area contributed by atoms with Crippen LogP contribution in [0.15, 0.2) is 0 Å². The fourth-order valence-electron chi connectivity index (χ4n) is 0.0970. The van der Waals surface area contributed by atoms with Crippen LogP contribution in [0.2, 0.25) is 0 Å². The topological polar surface area (TPSA) is 54.8 Å². The molecule has 0 aromatic carbocycles. The van der Waals surface area contributed by atoms with E-state index in [0.717, 1.165) is 0 Å². The summed E-state index contributed by atoms with van der Waals surface area (Å²) in [5.74, 6) is 0.130. The number of nitrogens with two attached hydrogens (primary N) is 1. The van der Waals surface area contributed by atoms with Crippen molar-refractivity contribution < 1.29 is 0 Å². The number of aromatic nitrogens is 1. The van der Waals surface area contributed by atoms with Gasteiger partial charge >= 0.3 is 0 Å². The zero-order valence-corrected chi connectivity index (χ0v) is 4.47. The lowest BCUT2D eigenvalue weighted by atomic mass is 11.1. The zero-order chi connectivity index (χ0) is 4.57. The minimum Gasteiger partial charge on any atom is -0.368 e. The first-order valence-corrected chi connectivity index (χ1v) is 3.36. The Balaban J connectivity index is 2.62. The lowest BCUT2D eigenvalue weighted by Gasteiger charge is -1.76. The molecule has 0 amide bonds. The average Bonchev–Trinajstić information content (AvgIpc) is 2.06. The molecule has 0 aliphatic carbocycles. The molecular weight excluding hydrogens is 118 g/mol. The Labute approximate surface area is 42.2 Å². The molecule has 1 heterocycles. The van der Waals surface area contributed by atoms with Gasteiger partial charge in [-0.1, -0.05) is 0 Å². The van der Waals surface area contributed by atoms with Gasteiger partial charge in [-0.3, -0.25) is 5.41 Å². The first kappa shape index (κ1) is 3.89. The molecule has 3 N–H and O–H groups in total. The fraction of sp³-hybridized carbons (Fsp3) is 0. The number of nitrogens with zero attached hydrogens (tertiary/aromatic N) is 1. The SMILES string of the molecule is N=C(N)n1ss1. The van der Waals surface area contributed by atoms with Crippen LogP contribution in [-0.2, 0) is 0 Å². The van der Waals surface area contributed by atoms with Crippen LogP contribution in [0.3, 0.4) is 0 Å². The van der Waals surface area contributed by atoms with E-state index in [2.05, 4.69) is 0 Å². The highest BCUT2D eigenvalue weighted by Crippen LogP contribution is 2.14. The van der Waals surface area contributed by atoms with Gasteiger partial charge in [-0.25, -0.2) is 0 Å². The molecule has 0 spiro atoms. The van der Waals surface area contributed by atoms with E-state index >= 15 is 0 Å². The lowest BCUT2D eigenvalue weighted by molar-refractivity contribution is 1.32. The van der Waals surface area contributed by atoms with E-state index in [1.807, 2.05) is 0 Å². The van der Waals surface area contributed by atoms with Gasteiger partial charge in [-0.05, 0) is 0 Å². The molecule has 0 bridgehead atoms. The summed E-state index contributed by atoms with van der Waals surface area (Å²) in [4.78, 5) is 0. The van der Waals surface area contributed by atoms with Crippen molar-refractivity contribution in [3.8, 4) is 0 Å². The number of nitrogen functional groups attached to an aromatic ring is 1. The Bertz CT molecular complexity index is 126. The molecule has 34 valence electrons. The standard InChI is InChI=1S/CH3N3S2/c2-1(3)4-5-6-4/h(H3,2,3). The lowest BCUT2D eigenvalue weighted by Crippen LogP contribution is -2.12. The Hall–Kier alpha value is -0.290. The monoisotopic (exact) mass is 121 g/mol. The molecule has 5 heteroatoms. The maximum atomic E-state index is 6.67. The molecule has 1 aromatic rings. The van der Waals surface area contributed by atoms with Gasteiger partial charge in [0, 0.05) is 21.1 Å². The van der Waals surface area contributed by atoms with Gasteiger partial charge in [0.1, 0.15) is 0 Å². The summed E-state index contributed by atoms with van der Waals surface area (Å²) in [6.07, 6.45) is 0. The summed E-state index contributed by atoms with van der Waals surface area (Å²) in [5.41, 5.74) is 4.97. The maximum absolute atomic E-state index is 6.67. The summed E-state index contributed by atoms with van der Waals surface area (Å²) in [6.45, 7) is 0. The zero-order valence-electron chi connectivity index (χ0n) is 2.84. The predicted octanol–water partition coefficient (Wildman–Crippen LogP) is 0.353. The highest BCUT2D eigenvalue weighted by Gasteiger charge is 1.96. The van der Waals surface area contributed by atoms with Crippen LogP contribution in [0.4, 0.5) is 0 Å². The summed E-state index contributed by atoms with van der Waals surface area (Å²) in [5, 5.41) is 6.67. The molecule has 0 saturated heterocycles. The van der Waals surface area contributed by atoms with Gasteiger partial charge < -0.3 is 5.73 Å². The third-order valence-corrected chi connectivity index (χ3v) is 1.93. The summed E-state index contributed by atoms with van der Waals surface area (Å²) in [7, 11) is 2.95. The molecule has 0 unspecified atom stereocenters. The molecule has 1 rings (SSSR count). The first-order valence-electron chi connectivity index (χ1n) is 1.29. The van der Waals surface area contributed by atoms with Gasteiger partial charge in [0.05, 0.1) is 0 Å². The predicted molar refractivity (Wildman–Crippen MR) is 27.5 cm³/mol. The van der Waals surface area contributed by atoms with E-state index in [1.54, 1.807) is 3.35 Å². The fourth-order valence-corrected chi connectivity index (χ4v) is 0.873. The summed E-state index contributed by atoms with van der Waals surface area (Å²) < 4.78 is 1.61. The number of hydrogen-bond donors (Lipinski definition) is 2. The van der Waals surface area contributed by atoms with Crippen molar-refractivity contribution in [1.29, 1.82) is 5.41 Å². The molecule has 0 atom stereocenters. The maximum Gasteiger partial charge on any atom is 0.217 e. The second kappa shape index (κ2) is 1.09. The highest BCUT2D eigenvalue weighted by atomic mass is 33.0. The van der Waals surface area contributed by atoms with Crippen molar-refractivity contribution in [2.75, 3.05) is 0 Å². The Morgan fingerprint density at radius 3 is 2.17 bits per heavy atom. The van der Waals surface area contributed by atoms with Crippen molar-refractivity contribution in [2.45, 2.75) is 0 Å². The number of hydrogen-bond acceptors (Lipinski definition) is 3. The minimum atomic E-state index is 0.130. The van der Waals surface area contributed by atoms with Crippen LogP contribution >= 0.6 is 21.1 Å². The largest absolute Gasteiger partial charge is 0.368 e. The summed E-state index contributed by atoms with van der Waals surface area (Å²) >= 11 is 0. The van der Waals surface area contributed by atoms with E-state index in [9.17, 15) is 0 Å². The van der Waals surface area contributed by atoms with Gasteiger partial charge in [-0.15, -0.1) is 0 Å². The average molecular weight is 121 g/mol. The van der Waals surface area contributed by atoms with E-state index in [4.69, 9.17) is 11.1 Å². The van der Waals surface area contributed by atoms with Crippen molar-refractivity contribution in [1.82, 2.24) is 3.35 Å². The molecule has 0 aliphatic heterocycles. The van der Waals surface area contributed by atoms with Crippen LogP contribution in [0.1, 0.15) is 0 Å². The van der Waals surface area contributed by atoms with Crippen LogP contribution in [0.25, 0.3) is 0 Å². The molecule has 0 radical (unpaired) electrons. The smallest absolute Gasteiger partial charge is 0.217 e.